The highest BCUT2D eigenvalue weighted by Gasteiger charge is 2.67. The minimum absolute atomic E-state index is 0.166. The van der Waals surface area contributed by atoms with Crippen LogP contribution in [0.15, 0.2) is 48.5 Å². The van der Waals surface area contributed by atoms with E-state index in [9.17, 15) is 20.4 Å². The maximum absolute atomic E-state index is 10.6. The number of hydrogen-bond acceptors (Lipinski definition) is 7. The summed E-state index contributed by atoms with van der Waals surface area (Å²) in [6.07, 6.45) is -4.60. The van der Waals surface area contributed by atoms with Crippen molar-refractivity contribution in [3.8, 4) is 5.75 Å². The van der Waals surface area contributed by atoms with Crippen LogP contribution < -0.4 is 4.74 Å². The molecule has 2 saturated heterocycles. The summed E-state index contributed by atoms with van der Waals surface area (Å²) in [5, 5.41) is 41.3. The lowest BCUT2D eigenvalue weighted by Crippen LogP contribution is -2.65. The van der Waals surface area contributed by atoms with Gasteiger partial charge >= 0.3 is 0 Å². The van der Waals surface area contributed by atoms with Crippen LogP contribution in [0, 0.1) is 0 Å². The van der Waals surface area contributed by atoms with Crippen LogP contribution in [0.1, 0.15) is 11.1 Å². The summed E-state index contributed by atoms with van der Waals surface area (Å²) in [7, 11) is 0. The van der Waals surface area contributed by atoms with Crippen molar-refractivity contribution in [2.75, 3.05) is 13.2 Å². The standard InChI is InChI=1S/C20H21ClO7/c21-15-7-6-13(8-12(15)9-26-14-4-2-1-3-5-14)20-18(25)16(23)17(24)19(10-22,28-20)11-27-20/h1-8,16-18,22-25H,9-11H2/t16-,17-,18+,19-,20-/m0/s1. The van der Waals surface area contributed by atoms with Gasteiger partial charge in [0, 0.05) is 16.1 Å². The second kappa shape index (κ2) is 7.27. The Morgan fingerprint density at radius 2 is 1.82 bits per heavy atom. The minimum atomic E-state index is -1.73. The molecular formula is C20H21ClO7. The van der Waals surface area contributed by atoms with Gasteiger partial charge in [-0.1, -0.05) is 35.9 Å². The fourth-order valence-corrected chi connectivity index (χ4v) is 3.83. The van der Waals surface area contributed by atoms with Crippen LogP contribution in [0.3, 0.4) is 0 Å². The van der Waals surface area contributed by atoms with Crippen molar-refractivity contribution in [1.29, 1.82) is 0 Å². The van der Waals surface area contributed by atoms with Crippen molar-refractivity contribution in [3.63, 3.8) is 0 Å². The average molecular weight is 409 g/mol. The molecule has 0 spiro atoms. The Morgan fingerprint density at radius 1 is 1.07 bits per heavy atom. The molecule has 4 N–H and O–H groups in total. The molecule has 0 saturated carbocycles. The lowest BCUT2D eigenvalue weighted by Gasteiger charge is -2.46. The lowest BCUT2D eigenvalue weighted by atomic mass is 9.84. The van der Waals surface area contributed by atoms with E-state index in [1.165, 1.54) is 0 Å². The molecule has 28 heavy (non-hydrogen) atoms. The van der Waals surface area contributed by atoms with Gasteiger partial charge in [-0.2, -0.15) is 0 Å². The fourth-order valence-electron chi connectivity index (χ4n) is 3.65. The van der Waals surface area contributed by atoms with E-state index in [0.717, 1.165) is 0 Å². The Balaban J connectivity index is 1.65. The van der Waals surface area contributed by atoms with Crippen molar-refractivity contribution in [3.05, 3.63) is 64.7 Å². The number of halogens is 1. The van der Waals surface area contributed by atoms with Gasteiger partial charge in [-0.3, -0.25) is 0 Å². The van der Waals surface area contributed by atoms with Crippen molar-refractivity contribution >= 4 is 11.6 Å². The largest absolute Gasteiger partial charge is 0.489 e. The Morgan fingerprint density at radius 3 is 2.54 bits per heavy atom. The van der Waals surface area contributed by atoms with Gasteiger partial charge in [0.1, 0.15) is 36.3 Å². The molecule has 2 bridgehead atoms. The van der Waals surface area contributed by atoms with E-state index in [0.29, 0.717) is 21.9 Å². The second-order valence-corrected chi connectivity index (χ2v) is 7.48. The third kappa shape index (κ3) is 3.00. The van der Waals surface area contributed by atoms with Crippen LogP contribution in [0.25, 0.3) is 0 Å². The predicted octanol–water partition coefficient (Wildman–Crippen LogP) is 0.946. The molecule has 2 fully saturated rings. The monoisotopic (exact) mass is 408 g/mol. The number of fused-ring (bicyclic) bond motifs is 2. The Kier molecular flexibility index (Phi) is 5.09. The first-order valence-electron chi connectivity index (χ1n) is 8.88. The maximum atomic E-state index is 10.6. The smallest absolute Gasteiger partial charge is 0.225 e. The summed E-state index contributed by atoms with van der Waals surface area (Å²) in [6.45, 7) is -0.590. The number of ether oxygens (including phenoxy) is 3. The SMILES string of the molecule is OC[C@@]12CO[C@@](c3ccc(Cl)c(COc4ccccc4)c3)(O1)[C@H](O)[C@@H](O)[C@@H]2O. The van der Waals surface area contributed by atoms with Gasteiger partial charge in [0.2, 0.25) is 5.79 Å². The van der Waals surface area contributed by atoms with Crippen molar-refractivity contribution in [2.24, 2.45) is 0 Å². The molecule has 0 aliphatic carbocycles. The summed E-state index contributed by atoms with van der Waals surface area (Å²) >= 11 is 6.29. The number of aliphatic hydroxyl groups excluding tert-OH is 4. The van der Waals surface area contributed by atoms with Gasteiger partial charge in [-0.25, -0.2) is 0 Å². The van der Waals surface area contributed by atoms with E-state index in [2.05, 4.69) is 0 Å². The zero-order valence-corrected chi connectivity index (χ0v) is 15.6. The normalized spacial score (nSPS) is 34.4. The molecule has 2 aromatic carbocycles. The Bertz CT molecular complexity index is 848. The van der Waals surface area contributed by atoms with Crippen molar-refractivity contribution in [2.45, 2.75) is 36.3 Å². The summed E-state index contributed by atoms with van der Waals surface area (Å²) in [6, 6.07) is 14.1. The molecule has 0 radical (unpaired) electrons. The second-order valence-electron chi connectivity index (χ2n) is 7.07. The molecular weight excluding hydrogens is 388 g/mol. The van der Waals surface area contributed by atoms with E-state index >= 15 is 0 Å². The van der Waals surface area contributed by atoms with E-state index in [4.69, 9.17) is 25.8 Å². The lowest BCUT2D eigenvalue weighted by molar-refractivity contribution is -0.329. The number of benzene rings is 2. The van der Waals surface area contributed by atoms with Crippen LogP contribution in [-0.2, 0) is 21.9 Å². The van der Waals surface area contributed by atoms with Crippen LogP contribution in [0.2, 0.25) is 5.02 Å². The Labute approximate surface area is 166 Å². The fraction of sp³-hybridized carbons (Fsp3) is 0.400. The first-order valence-corrected chi connectivity index (χ1v) is 9.26. The molecule has 8 heteroatoms. The molecule has 0 amide bonds. The summed E-state index contributed by atoms with van der Waals surface area (Å²) in [5.74, 6) is -1.06. The number of rotatable bonds is 5. The van der Waals surface area contributed by atoms with Gasteiger partial charge in [0.15, 0.2) is 0 Å². The number of hydrogen-bond donors (Lipinski definition) is 4. The molecule has 2 heterocycles. The maximum Gasteiger partial charge on any atom is 0.225 e. The molecule has 150 valence electrons. The van der Waals surface area contributed by atoms with Crippen LogP contribution in [0.4, 0.5) is 0 Å². The summed E-state index contributed by atoms with van der Waals surface area (Å²) in [4.78, 5) is 0. The molecule has 2 aromatic rings. The van der Waals surface area contributed by atoms with E-state index < -0.39 is 36.3 Å². The van der Waals surface area contributed by atoms with Crippen LogP contribution in [-0.4, -0.2) is 57.6 Å². The van der Waals surface area contributed by atoms with Crippen LogP contribution in [0.5, 0.6) is 5.75 Å². The molecule has 5 atom stereocenters. The quantitative estimate of drug-likeness (QED) is 0.583. The molecule has 0 unspecified atom stereocenters. The zero-order valence-electron chi connectivity index (χ0n) is 14.9. The zero-order chi connectivity index (χ0) is 19.9. The van der Waals surface area contributed by atoms with Gasteiger partial charge in [0.25, 0.3) is 0 Å². The van der Waals surface area contributed by atoms with Gasteiger partial charge < -0.3 is 34.6 Å². The Hall–Kier alpha value is -1.71. The first-order chi connectivity index (χ1) is 13.4. The van der Waals surface area contributed by atoms with E-state index in [1.54, 1.807) is 18.2 Å². The van der Waals surface area contributed by atoms with Gasteiger partial charge in [-0.05, 0) is 24.3 Å². The predicted molar refractivity (Wildman–Crippen MR) is 98.8 cm³/mol. The first kappa shape index (κ1) is 19.6. The highest BCUT2D eigenvalue weighted by Crippen LogP contribution is 2.49. The third-order valence-corrected chi connectivity index (χ3v) is 5.68. The molecule has 2 aliphatic rings. The summed E-state index contributed by atoms with van der Waals surface area (Å²) in [5.41, 5.74) is -0.491. The van der Waals surface area contributed by atoms with Crippen LogP contribution >= 0.6 is 11.6 Å². The van der Waals surface area contributed by atoms with Crippen molar-refractivity contribution in [1.82, 2.24) is 0 Å². The highest BCUT2D eigenvalue weighted by atomic mass is 35.5. The topological polar surface area (TPSA) is 109 Å². The average Bonchev–Trinajstić information content (AvgIpc) is 3.11. The molecule has 4 rings (SSSR count). The number of aliphatic hydroxyl groups is 4. The third-order valence-electron chi connectivity index (χ3n) is 5.31. The molecule has 2 aliphatic heterocycles. The molecule has 0 aromatic heterocycles. The highest BCUT2D eigenvalue weighted by molar-refractivity contribution is 6.31. The minimum Gasteiger partial charge on any atom is -0.489 e. The van der Waals surface area contributed by atoms with E-state index in [1.807, 2.05) is 30.3 Å². The van der Waals surface area contributed by atoms with Gasteiger partial charge in [-0.15, -0.1) is 0 Å². The van der Waals surface area contributed by atoms with Gasteiger partial charge in [0.05, 0.1) is 13.2 Å². The van der Waals surface area contributed by atoms with Crippen molar-refractivity contribution < 1.29 is 34.6 Å². The number of para-hydroxylation sites is 1. The van der Waals surface area contributed by atoms with E-state index in [-0.39, 0.29) is 13.2 Å². The molecule has 7 nitrogen and oxygen atoms in total. The summed E-state index contributed by atoms with van der Waals surface area (Å²) < 4.78 is 17.3.